The third kappa shape index (κ3) is 2.50. The van der Waals surface area contributed by atoms with Crippen LogP contribution in [0.5, 0.6) is 5.75 Å². The number of para-hydroxylation sites is 1. The Morgan fingerprint density at radius 2 is 2.18 bits per heavy atom. The van der Waals surface area contributed by atoms with Crippen LogP contribution in [-0.4, -0.2) is 22.5 Å². The van der Waals surface area contributed by atoms with Crippen LogP contribution in [0.25, 0.3) is 0 Å². The Bertz CT molecular complexity index is 537. The van der Waals surface area contributed by atoms with Crippen LogP contribution < -0.4 is 4.74 Å². The van der Waals surface area contributed by atoms with Gasteiger partial charge in [0, 0.05) is 12.0 Å². The molecule has 0 atom stereocenters. The summed E-state index contributed by atoms with van der Waals surface area (Å²) in [6.45, 7) is 1.79. The van der Waals surface area contributed by atoms with Crippen molar-refractivity contribution in [2.45, 2.75) is 13.3 Å². The zero-order valence-electron chi connectivity index (χ0n) is 9.64. The van der Waals surface area contributed by atoms with Crippen molar-refractivity contribution in [1.29, 1.82) is 0 Å². The standard InChI is InChI=1S/C12H12N2O2S/c1-8-12(17-14-13-8)10(15)7-9-5-3-4-6-11(9)16-2/h3-6H,7H2,1-2H3. The van der Waals surface area contributed by atoms with Gasteiger partial charge >= 0.3 is 0 Å². The summed E-state index contributed by atoms with van der Waals surface area (Å²) in [5.74, 6) is 0.762. The summed E-state index contributed by atoms with van der Waals surface area (Å²) in [6, 6.07) is 7.51. The van der Waals surface area contributed by atoms with Crippen LogP contribution in [-0.2, 0) is 6.42 Å². The fourth-order valence-corrected chi connectivity index (χ4v) is 2.18. The lowest BCUT2D eigenvalue weighted by Crippen LogP contribution is -2.04. The molecule has 0 amide bonds. The maximum atomic E-state index is 12.0. The van der Waals surface area contributed by atoms with E-state index in [1.807, 2.05) is 24.3 Å². The van der Waals surface area contributed by atoms with Crippen LogP contribution in [0.4, 0.5) is 0 Å². The van der Waals surface area contributed by atoms with E-state index in [4.69, 9.17) is 4.74 Å². The highest BCUT2D eigenvalue weighted by Gasteiger charge is 2.15. The van der Waals surface area contributed by atoms with Gasteiger partial charge in [-0.15, -0.1) is 5.10 Å². The predicted octanol–water partition coefficient (Wildman–Crippen LogP) is 2.28. The van der Waals surface area contributed by atoms with Gasteiger partial charge in [-0.1, -0.05) is 22.7 Å². The second kappa shape index (κ2) is 5.05. The molecule has 4 nitrogen and oxygen atoms in total. The van der Waals surface area contributed by atoms with E-state index in [-0.39, 0.29) is 5.78 Å². The summed E-state index contributed by atoms with van der Waals surface area (Å²) >= 11 is 1.14. The number of carbonyl (C=O) groups is 1. The number of Topliss-reactive ketones (excluding diaryl/α,β-unsaturated/α-hetero) is 1. The van der Waals surface area contributed by atoms with E-state index in [9.17, 15) is 4.79 Å². The van der Waals surface area contributed by atoms with Crippen LogP contribution in [0.15, 0.2) is 24.3 Å². The third-order valence-electron chi connectivity index (χ3n) is 2.45. The summed E-state index contributed by atoms with van der Waals surface area (Å²) in [5, 5.41) is 3.84. The molecule has 0 aliphatic carbocycles. The molecule has 0 N–H and O–H groups in total. The Morgan fingerprint density at radius 3 is 2.82 bits per heavy atom. The lowest BCUT2D eigenvalue weighted by molar-refractivity contribution is 0.0995. The first-order valence-corrected chi connectivity index (χ1v) is 5.93. The van der Waals surface area contributed by atoms with E-state index in [0.29, 0.717) is 17.0 Å². The molecule has 2 aromatic rings. The van der Waals surface area contributed by atoms with Crippen molar-refractivity contribution in [2.75, 3.05) is 7.11 Å². The van der Waals surface area contributed by atoms with Gasteiger partial charge in [-0.2, -0.15) is 0 Å². The lowest BCUT2D eigenvalue weighted by atomic mass is 10.1. The highest BCUT2D eigenvalue weighted by molar-refractivity contribution is 7.08. The van der Waals surface area contributed by atoms with Gasteiger partial charge in [0.05, 0.1) is 12.8 Å². The molecule has 0 radical (unpaired) electrons. The molecular formula is C12H12N2O2S. The van der Waals surface area contributed by atoms with Crippen LogP contribution >= 0.6 is 11.5 Å². The number of nitrogens with zero attached hydrogens (tertiary/aromatic N) is 2. The van der Waals surface area contributed by atoms with Crippen molar-refractivity contribution in [1.82, 2.24) is 9.59 Å². The van der Waals surface area contributed by atoms with Crippen LogP contribution in [0, 0.1) is 6.92 Å². The number of aryl methyl sites for hydroxylation is 1. The van der Waals surface area contributed by atoms with E-state index in [0.717, 1.165) is 22.8 Å². The van der Waals surface area contributed by atoms with E-state index < -0.39 is 0 Å². The quantitative estimate of drug-likeness (QED) is 0.779. The minimum atomic E-state index is 0.0296. The van der Waals surface area contributed by atoms with Crippen LogP contribution in [0.2, 0.25) is 0 Å². The Balaban J connectivity index is 2.22. The van der Waals surface area contributed by atoms with Gasteiger partial charge in [-0.3, -0.25) is 4.79 Å². The van der Waals surface area contributed by atoms with E-state index in [1.165, 1.54) is 0 Å². The zero-order chi connectivity index (χ0) is 12.3. The first-order valence-electron chi connectivity index (χ1n) is 5.16. The van der Waals surface area contributed by atoms with E-state index in [2.05, 4.69) is 9.59 Å². The third-order valence-corrected chi connectivity index (χ3v) is 3.32. The molecule has 0 saturated carbocycles. The lowest BCUT2D eigenvalue weighted by Gasteiger charge is -2.06. The van der Waals surface area contributed by atoms with Crippen molar-refractivity contribution in [2.24, 2.45) is 0 Å². The predicted molar refractivity (Wildman–Crippen MR) is 65.7 cm³/mol. The van der Waals surface area contributed by atoms with Gasteiger partial charge in [0.2, 0.25) is 0 Å². The number of aromatic nitrogens is 2. The maximum Gasteiger partial charge on any atom is 0.180 e. The second-order valence-corrected chi connectivity index (χ2v) is 4.35. The minimum absolute atomic E-state index is 0.0296. The Kier molecular flexibility index (Phi) is 3.49. The molecule has 0 aliphatic rings. The molecule has 0 bridgehead atoms. The molecule has 2 rings (SSSR count). The molecule has 5 heteroatoms. The summed E-state index contributed by atoms with van der Waals surface area (Å²) in [5.41, 5.74) is 1.57. The molecule has 1 aromatic carbocycles. The summed E-state index contributed by atoms with van der Waals surface area (Å²) in [4.78, 5) is 12.7. The number of benzene rings is 1. The highest BCUT2D eigenvalue weighted by Crippen LogP contribution is 2.20. The number of methoxy groups -OCH3 is 1. The van der Waals surface area contributed by atoms with Gasteiger partial charge in [0.1, 0.15) is 10.6 Å². The summed E-state index contributed by atoms with van der Waals surface area (Å²) in [7, 11) is 1.60. The molecule has 0 saturated heterocycles. The molecule has 0 unspecified atom stereocenters. The summed E-state index contributed by atoms with van der Waals surface area (Å²) < 4.78 is 8.98. The van der Waals surface area contributed by atoms with Crippen molar-refractivity contribution in [3.63, 3.8) is 0 Å². The average Bonchev–Trinajstić information content (AvgIpc) is 2.76. The Morgan fingerprint density at radius 1 is 1.41 bits per heavy atom. The normalized spacial score (nSPS) is 10.2. The fraction of sp³-hybridized carbons (Fsp3) is 0.250. The Hall–Kier alpha value is -1.75. The minimum Gasteiger partial charge on any atom is -0.496 e. The fourth-order valence-electron chi connectivity index (χ4n) is 1.59. The van der Waals surface area contributed by atoms with Crippen molar-refractivity contribution < 1.29 is 9.53 Å². The number of hydrogen-bond acceptors (Lipinski definition) is 5. The topological polar surface area (TPSA) is 52.1 Å². The first-order chi connectivity index (χ1) is 8.22. The molecule has 1 heterocycles. The molecule has 88 valence electrons. The monoisotopic (exact) mass is 248 g/mol. The Labute approximate surface area is 103 Å². The van der Waals surface area contributed by atoms with Crippen molar-refractivity contribution >= 4 is 17.3 Å². The smallest absolute Gasteiger partial charge is 0.180 e. The zero-order valence-corrected chi connectivity index (χ0v) is 10.5. The van der Waals surface area contributed by atoms with Gasteiger partial charge in [-0.05, 0) is 24.5 Å². The van der Waals surface area contributed by atoms with Crippen LogP contribution in [0.3, 0.4) is 0 Å². The summed E-state index contributed by atoms with van der Waals surface area (Å²) in [6.07, 6.45) is 0.314. The van der Waals surface area contributed by atoms with Gasteiger partial charge in [0.25, 0.3) is 0 Å². The van der Waals surface area contributed by atoms with Crippen molar-refractivity contribution in [3.8, 4) is 5.75 Å². The van der Waals surface area contributed by atoms with Gasteiger partial charge in [-0.25, -0.2) is 0 Å². The van der Waals surface area contributed by atoms with E-state index >= 15 is 0 Å². The molecular weight excluding hydrogens is 236 g/mol. The van der Waals surface area contributed by atoms with Crippen molar-refractivity contribution in [3.05, 3.63) is 40.4 Å². The SMILES string of the molecule is COc1ccccc1CC(=O)c1snnc1C. The molecule has 0 fully saturated rings. The second-order valence-electron chi connectivity index (χ2n) is 3.60. The molecule has 17 heavy (non-hydrogen) atoms. The number of hydrogen-bond donors (Lipinski definition) is 0. The number of carbonyl (C=O) groups excluding carboxylic acids is 1. The first kappa shape index (κ1) is 11.7. The average molecular weight is 248 g/mol. The highest BCUT2D eigenvalue weighted by atomic mass is 32.1. The molecule has 1 aromatic heterocycles. The van der Waals surface area contributed by atoms with E-state index in [1.54, 1.807) is 14.0 Å². The molecule has 0 spiro atoms. The maximum absolute atomic E-state index is 12.0. The molecule has 0 aliphatic heterocycles. The number of rotatable bonds is 4. The number of ether oxygens (including phenoxy) is 1. The van der Waals surface area contributed by atoms with Crippen LogP contribution in [0.1, 0.15) is 20.9 Å². The van der Waals surface area contributed by atoms with Gasteiger partial charge in [0.15, 0.2) is 5.78 Å². The largest absolute Gasteiger partial charge is 0.496 e. The number of ketones is 1. The van der Waals surface area contributed by atoms with Gasteiger partial charge < -0.3 is 4.74 Å².